The van der Waals surface area contributed by atoms with Crippen molar-refractivity contribution in [3.63, 3.8) is 0 Å². The molecule has 1 saturated heterocycles. The summed E-state index contributed by atoms with van der Waals surface area (Å²) in [7, 11) is 0. The maximum atomic E-state index is 12.7. The van der Waals surface area contributed by atoms with Gasteiger partial charge in [0.25, 0.3) is 5.91 Å². The molecule has 0 radical (unpaired) electrons. The molecule has 0 saturated carbocycles. The molecular weight excluding hydrogens is 288 g/mol. The number of nitrogens with zero attached hydrogens (tertiary/aromatic N) is 3. The molecule has 116 valence electrons. The predicted octanol–water partition coefficient (Wildman–Crippen LogP) is 2.53. The molecule has 3 aromatic rings. The third-order valence-corrected chi connectivity index (χ3v) is 4.40. The molecule has 1 aliphatic rings. The number of hydrogen-bond donors (Lipinski definition) is 1. The number of pyridine rings is 1. The molecule has 1 fully saturated rings. The lowest BCUT2D eigenvalue weighted by molar-refractivity contribution is 0.0747. The van der Waals surface area contributed by atoms with Crippen LogP contribution in [0.1, 0.15) is 10.4 Å². The number of benzene rings is 1. The maximum absolute atomic E-state index is 12.7. The summed E-state index contributed by atoms with van der Waals surface area (Å²) in [4.78, 5) is 24.1. The van der Waals surface area contributed by atoms with E-state index in [4.69, 9.17) is 0 Å². The van der Waals surface area contributed by atoms with E-state index in [2.05, 4.69) is 14.9 Å². The van der Waals surface area contributed by atoms with Crippen LogP contribution in [0, 0.1) is 0 Å². The molecule has 2 aromatic heterocycles. The molecule has 0 aliphatic carbocycles. The first-order valence-electron chi connectivity index (χ1n) is 7.83. The molecule has 0 spiro atoms. The Kier molecular flexibility index (Phi) is 3.46. The molecule has 0 atom stereocenters. The lowest BCUT2D eigenvalue weighted by Crippen LogP contribution is -2.48. The van der Waals surface area contributed by atoms with Gasteiger partial charge in [-0.2, -0.15) is 0 Å². The summed E-state index contributed by atoms with van der Waals surface area (Å²) >= 11 is 0. The number of anilines is 1. The standard InChI is InChI=1S/C18H18N4O/c23-18(15-2-1-14-3-8-20-17(14)13-15)22-11-9-21(10-12-22)16-4-6-19-7-5-16/h1-8,13,20H,9-12H2. The minimum Gasteiger partial charge on any atom is -0.368 e. The Labute approximate surface area is 134 Å². The van der Waals surface area contributed by atoms with Gasteiger partial charge in [-0.1, -0.05) is 6.07 Å². The topological polar surface area (TPSA) is 52.2 Å². The first-order chi connectivity index (χ1) is 11.3. The number of piperazine rings is 1. The van der Waals surface area contributed by atoms with Gasteiger partial charge in [0.1, 0.15) is 0 Å². The smallest absolute Gasteiger partial charge is 0.254 e. The van der Waals surface area contributed by atoms with Crippen LogP contribution in [0.4, 0.5) is 5.69 Å². The van der Waals surface area contributed by atoms with Crippen LogP contribution in [0.15, 0.2) is 55.0 Å². The second-order valence-corrected chi connectivity index (χ2v) is 5.76. The van der Waals surface area contributed by atoms with Gasteiger partial charge in [-0.25, -0.2) is 0 Å². The van der Waals surface area contributed by atoms with Crippen molar-refractivity contribution < 1.29 is 4.79 Å². The molecule has 5 nitrogen and oxygen atoms in total. The predicted molar refractivity (Wildman–Crippen MR) is 90.7 cm³/mol. The van der Waals surface area contributed by atoms with Crippen molar-refractivity contribution in [3.8, 4) is 0 Å². The van der Waals surface area contributed by atoms with Crippen molar-refractivity contribution in [1.82, 2.24) is 14.9 Å². The highest BCUT2D eigenvalue weighted by atomic mass is 16.2. The zero-order valence-corrected chi connectivity index (χ0v) is 12.8. The van der Waals surface area contributed by atoms with E-state index in [0.29, 0.717) is 0 Å². The number of aromatic nitrogens is 2. The zero-order chi connectivity index (χ0) is 15.6. The van der Waals surface area contributed by atoms with Gasteiger partial charge in [-0.15, -0.1) is 0 Å². The third-order valence-electron chi connectivity index (χ3n) is 4.40. The first kappa shape index (κ1) is 13.8. The van der Waals surface area contributed by atoms with E-state index in [-0.39, 0.29) is 5.91 Å². The average molecular weight is 306 g/mol. The number of fused-ring (bicyclic) bond motifs is 1. The van der Waals surface area contributed by atoms with Crippen molar-refractivity contribution in [2.45, 2.75) is 0 Å². The Morgan fingerprint density at radius 1 is 1.00 bits per heavy atom. The largest absolute Gasteiger partial charge is 0.368 e. The van der Waals surface area contributed by atoms with Crippen LogP contribution < -0.4 is 4.90 Å². The Morgan fingerprint density at radius 2 is 1.78 bits per heavy atom. The van der Waals surface area contributed by atoms with Crippen molar-refractivity contribution in [2.24, 2.45) is 0 Å². The van der Waals surface area contributed by atoms with Gasteiger partial charge >= 0.3 is 0 Å². The monoisotopic (exact) mass is 306 g/mol. The third kappa shape index (κ3) is 2.65. The number of amides is 1. The lowest BCUT2D eigenvalue weighted by atomic mass is 10.1. The summed E-state index contributed by atoms with van der Waals surface area (Å²) < 4.78 is 0. The highest BCUT2D eigenvalue weighted by molar-refractivity contribution is 5.98. The zero-order valence-electron chi connectivity index (χ0n) is 12.8. The highest BCUT2D eigenvalue weighted by Crippen LogP contribution is 2.18. The molecule has 1 aliphatic heterocycles. The van der Waals surface area contributed by atoms with E-state index in [9.17, 15) is 4.79 Å². The minimum atomic E-state index is 0.107. The fourth-order valence-electron chi connectivity index (χ4n) is 3.09. The molecule has 1 N–H and O–H groups in total. The number of nitrogens with one attached hydrogen (secondary N) is 1. The van der Waals surface area contributed by atoms with Crippen LogP contribution in [0.5, 0.6) is 0 Å². The van der Waals surface area contributed by atoms with Gasteiger partial charge in [0.15, 0.2) is 0 Å². The van der Waals surface area contributed by atoms with Crippen molar-refractivity contribution in [2.75, 3.05) is 31.1 Å². The van der Waals surface area contributed by atoms with E-state index in [1.165, 1.54) is 5.69 Å². The van der Waals surface area contributed by atoms with E-state index in [0.717, 1.165) is 42.6 Å². The second-order valence-electron chi connectivity index (χ2n) is 5.76. The van der Waals surface area contributed by atoms with E-state index < -0.39 is 0 Å². The van der Waals surface area contributed by atoms with Gasteiger partial charge in [0.05, 0.1) is 0 Å². The van der Waals surface area contributed by atoms with Gasteiger partial charge in [-0.3, -0.25) is 9.78 Å². The fourth-order valence-corrected chi connectivity index (χ4v) is 3.09. The summed E-state index contributed by atoms with van der Waals surface area (Å²) in [5.41, 5.74) is 2.92. The van der Waals surface area contributed by atoms with Gasteiger partial charge in [-0.05, 0) is 35.7 Å². The Bertz CT molecular complexity index is 819. The van der Waals surface area contributed by atoms with Gasteiger partial charge in [0.2, 0.25) is 0 Å². The summed E-state index contributed by atoms with van der Waals surface area (Å²) in [6, 6.07) is 11.9. The van der Waals surface area contributed by atoms with E-state index >= 15 is 0 Å². The molecule has 1 amide bonds. The fraction of sp³-hybridized carbons (Fsp3) is 0.222. The quantitative estimate of drug-likeness (QED) is 0.791. The summed E-state index contributed by atoms with van der Waals surface area (Å²) in [5.74, 6) is 0.107. The Hall–Kier alpha value is -2.82. The molecule has 0 bridgehead atoms. The Morgan fingerprint density at radius 3 is 2.57 bits per heavy atom. The molecule has 4 rings (SSSR count). The minimum absolute atomic E-state index is 0.107. The molecule has 1 aromatic carbocycles. The second kappa shape index (κ2) is 5.76. The van der Waals surface area contributed by atoms with Crippen LogP contribution in [0.25, 0.3) is 10.9 Å². The van der Waals surface area contributed by atoms with Crippen molar-refractivity contribution >= 4 is 22.5 Å². The van der Waals surface area contributed by atoms with Crippen molar-refractivity contribution in [1.29, 1.82) is 0 Å². The van der Waals surface area contributed by atoms with Gasteiger partial charge in [0, 0.05) is 61.5 Å². The normalized spacial score (nSPS) is 15.1. The SMILES string of the molecule is O=C(c1ccc2cc[nH]c2c1)N1CCN(c2ccncc2)CC1. The van der Waals surface area contributed by atoms with Crippen LogP contribution in [-0.4, -0.2) is 47.0 Å². The summed E-state index contributed by atoms with van der Waals surface area (Å²) in [5, 5.41) is 1.13. The Balaban J connectivity index is 1.46. The number of aromatic amines is 1. The van der Waals surface area contributed by atoms with Crippen LogP contribution in [0.3, 0.4) is 0 Å². The number of H-pyrrole nitrogens is 1. The first-order valence-corrected chi connectivity index (χ1v) is 7.83. The molecule has 23 heavy (non-hydrogen) atoms. The molecule has 0 unspecified atom stereocenters. The van der Waals surface area contributed by atoms with E-state index in [1.54, 1.807) is 12.4 Å². The number of carbonyl (C=O) groups is 1. The number of rotatable bonds is 2. The average Bonchev–Trinajstić information content (AvgIpc) is 3.10. The van der Waals surface area contributed by atoms with E-state index in [1.807, 2.05) is 47.5 Å². The lowest BCUT2D eigenvalue weighted by Gasteiger charge is -2.36. The van der Waals surface area contributed by atoms with Crippen molar-refractivity contribution in [3.05, 3.63) is 60.6 Å². The van der Waals surface area contributed by atoms with Crippen LogP contribution >= 0.6 is 0 Å². The highest BCUT2D eigenvalue weighted by Gasteiger charge is 2.22. The van der Waals surface area contributed by atoms with Crippen LogP contribution in [-0.2, 0) is 0 Å². The summed E-state index contributed by atoms with van der Waals surface area (Å²) in [6.07, 6.45) is 5.50. The van der Waals surface area contributed by atoms with Gasteiger partial charge < -0.3 is 14.8 Å². The number of carbonyl (C=O) groups excluding carboxylic acids is 1. The maximum Gasteiger partial charge on any atom is 0.254 e. The summed E-state index contributed by atoms with van der Waals surface area (Å²) in [6.45, 7) is 3.18. The molecule has 3 heterocycles. The van der Waals surface area contributed by atoms with Crippen LogP contribution in [0.2, 0.25) is 0 Å². The number of hydrogen-bond acceptors (Lipinski definition) is 3. The molecule has 5 heteroatoms. The molecular formula is C18H18N4O.